The SMILES string of the molecule is C=CCOC(=O)NC(CCC(C)=O)NC(=O)OCC=C. The van der Waals surface area contributed by atoms with E-state index < -0.39 is 18.4 Å². The third-order valence-electron chi connectivity index (χ3n) is 2.03. The van der Waals surface area contributed by atoms with Crippen LogP contribution in [-0.4, -0.2) is 37.3 Å². The van der Waals surface area contributed by atoms with Crippen molar-refractivity contribution in [1.29, 1.82) is 0 Å². The molecule has 0 aromatic heterocycles. The first kappa shape index (κ1) is 17.7. The minimum Gasteiger partial charge on any atom is -0.445 e. The largest absolute Gasteiger partial charge is 0.445 e. The minimum absolute atomic E-state index is 0.0478. The van der Waals surface area contributed by atoms with Gasteiger partial charge in [-0.2, -0.15) is 0 Å². The summed E-state index contributed by atoms with van der Waals surface area (Å²) < 4.78 is 9.46. The summed E-state index contributed by atoms with van der Waals surface area (Å²) in [6, 6.07) is 0. The van der Waals surface area contributed by atoms with Gasteiger partial charge >= 0.3 is 12.2 Å². The van der Waals surface area contributed by atoms with Crippen LogP contribution in [0.15, 0.2) is 25.3 Å². The van der Waals surface area contributed by atoms with Gasteiger partial charge in [-0.15, -0.1) is 0 Å². The zero-order valence-corrected chi connectivity index (χ0v) is 11.5. The minimum atomic E-state index is -0.756. The molecular formula is C13H20N2O5. The Balaban J connectivity index is 4.34. The Morgan fingerprint density at radius 2 is 1.50 bits per heavy atom. The molecule has 0 aliphatic carbocycles. The van der Waals surface area contributed by atoms with Crippen molar-refractivity contribution in [2.75, 3.05) is 13.2 Å². The van der Waals surface area contributed by atoms with Gasteiger partial charge in [0.25, 0.3) is 0 Å². The molecule has 0 fully saturated rings. The Bertz CT molecular complexity index is 342. The van der Waals surface area contributed by atoms with Gasteiger partial charge in [0.1, 0.15) is 25.2 Å². The summed E-state index contributed by atoms with van der Waals surface area (Å²) in [5.74, 6) is -0.0579. The second kappa shape index (κ2) is 10.6. The highest BCUT2D eigenvalue weighted by molar-refractivity contribution is 5.76. The summed E-state index contributed by atoms with van der Waals surface area (Å²) in [5.41, 5.74) is 0. The van der Waals surface area contributed by atoms with Crippen LogP contribution in [0.3, 0.4) is 0 Å². The number of ketones is 1. The number of rotatable bonds is 9. The molecule has 2 amide bonds. The molecule has 0 aromatic rings. The first-order valence-corrected chi connectivity index (χ1v) is 6.07. The molecule has 0 atom stereocenters. The van der Waals surface area contributed by atoms with E-state index in [4.69, 9.17) is 9.47 Å². The van der Waals surface area contributed by atoms with Crippen LogP contribution >= 0.6 is 0 Å². The first-order valence-electron chi connectivity index (χ1n) is 6.07. The molecule has 0 heterocycles. The van der Waals surface area contributed by atoms with Crippen LogP contribution < -0.4 is 10.6 Å². The molecular weight excluding hydrogens is 264 g/mol. The Morgan fingerprint density at radius 1 is 1.05 bits per heavy atom. The Kier molecular flexibility index (Phi) is 9.37. The number of alkyl carbamates (subject to hydrolysis) is 2. The van der Waals surface area contributed by atoms with Crippen molar-refractivity contribution in [3.63, 3.8) is 0 Å². The van der Waals surface area contributed by atoms with Gasteiger partial charge < -0.3 is 24.9 Å². The summed E-state index contributed by atoms with van der Waals surface area (Å²) in [7, 11) is 0. The Hall–Kier alpha value is -2.31. The lowest BCUT2D eigenvalue weighted by Crippen LogP contribution is -2.48. The van der Waals surface area contributed by atoms with E-state index in [0.717, 1.165) is 0 Å². The zero-order chi connectivity index (χ0) is 15.4. The van der Waals surface area contributed by atoms with Gasteiger partial charge in [0.15, 0.2) is 0 Å². The van der Waals surface area contributed by atoms with Crippen molar-refractivity contribution in [2.45, 2.75) is 25.9 Å². The molecule has 0 saturated carbocycles. The monoisotopic (exact) mass is 284 g/mol. The molecule has 0 saturated heterocycles. The van der Waals surface area contributed by atoms with E-state index in [1.165, 1.54) is 19.1 Å². The number of ether oxygens (including phenoxy) is 2. The zero-order valence-electron chi connectivity index (χ0n) is 11.5. The standard InChI is InChI=1S/C13H20N2O5/c1-4-8-19-12(17)14-11(7-6-10(3)16)15-13(18)20-9-5-2/h4-5,11H,1-2,6-9H2,3H3,(H,14,17)(H,15,18). The molecule has 0 spiro atoms. The van der Waals surface area contributed by atoms with Crippen LogP contribution in [0.25, 0.3) is 0 Å². The van der Waals surface area contributed by atoms with E-state index >= 15 is 0 Å². The summed E-state index contributed by atoms with van der Waals surface area (Å²) in [6.07, 6.45) is 1.07. The van der Waals surface area contributed by atoms with E-state index in [0.29, 0.717) is 0 Å². The van der Waals surface area contributed by atoms with E-state index in [2.05, 4.69) is 23.8 Å². The predicted octanol–water partition coefficient (Wildman–Crippen LogP) is 1.51. The molecule has 0 unspecified atom stereocenters. The lowest BCUT2D eigenvalue weighted by molar-refractivity contribution is -0.117. The second-order valence-corrected chi connectivity index (χ2v) is 3.86. The number of hydrogen-bond acceptors (Lipinski definition) is 5. The first-order chi connectivity index (χ1) is 9.49. The van der Waals surface area contributed by atoms with Gasteiger partial charge in [-0.1, -0.05) is 25.3 Å². The van der Waals surface area contributed by atoms with Gasteiger partial charge in [-0.3, -0.25) is 0 Å². The maximum atomic E-state index is 11.4. The van der Waals surface area contributed by atoms with E-state index in [1.54, 1.807) is 0 Å². The molecule has 7 nitrogen and oxygen atoms in total. The third kappa shape index (κ3) is 9.69. The Morgan fingerprint density at radius 3 is 1.85 bits per heavy atom. The molecule has 20 heavy (non-hydrogen) atoms. The fourth-order valence-electron chi connectivity index (χ4n) is 1.17. The fraction of sp³-hybridized carbons (Fsp3) is 0.462. The smallest absolute Gasteiger partial charge is 0.409 e. The van der Waals surface area contributed by atoms with E-state index in [-0.39, 0.29) is 31.8 Å². The maximum absolute atomic E-state index is 11.4. The number of carbonyl (C=O) groups is 3. The lowest BCUT2D eigenvalue weighted by Gasteiger charge is -2.19. The van der Waals surface area contributed by atoms with E-state index in [9.17, 15) is 14.4 Å². The van der Waals surface area contributed by atoms with Gasteiger partial charge in [0.2, 0.25) is 0 Å². The highest BCUT2D eigenvalue weighted by Gasteiger charge is 2.16. The van der Waals surface area contributed by atoms with Crippen LogP contribution in [-0.2, 0) is 14.3 Å². The number of carbonyl (C=O) groups excluding carboxylic acids is 3. The number of hydrogen-bond donors (Lipinski definition) is 2. The molecule has 2 N–H and O–H groups in total. The van der Waals surface area contributed by atoms with Crippen molar-refractivity contribution < 1.29 is 23.9 Å². The molecule has 0 aliphatic rings. The quantitative estimate of drug-likeness (QED) is 0.494. The molecule has 0 rings (SSSR count). The van der Waals surface area contributed by atoms with Crippen molar-refractivity contribution >= 4 is 18.0 Å². The van der Waals surface area contributed by atoms with Gasteiger partial charge in [-0.25, -0.2) is 9.59 Å². The molecule has 0 bridgehead atoms. The Labute approximate surface area is 118 Å². The number of Topliss-reactive ketones (excluding diaryl/α,β-unsaturated/α-hetero) is 1. The number of amides is 2. The summed E-state index contributed by atoms with van der Waals surface area (Å²) in [6.45, 7) is 8.32. The van der Waals surface area contributed by atoms with Gasteiger partial charge in [0, 0.05) is 6.42 Å². The highest BCUT2D eigenvalue weighted by Crippen LogP contribution is 1.97. The normalized spacial score (nSPS) is 9.50. The van der Waals surface area contributed by atoms with Crippen LogP contribution in [0.1, 0.15) is 19.8 Å². The fourth-order valence-corrected chi connectivity index (χ4v) is 1.17. The topological polar surface area (TPSA) is 93.7 Å². The molecule has 112 valence electrons. The summed E-state index contributed by atoms with van der Waals surface area (Å²) in [4.78, 5) is 33.7. The average molecular weight is 284 g/mol. The second-order valence-electron chi connectivity index (χ2n) is 3.86. The highest BCUT2D eigenvalue weighted by atomic mass is 16.6. The molecule has 7 heteroatoms. The van der Waals surface area contributed by atoms with Gasteiger partial charge in [-0.05, 0) is 13.3 Å². The van der Waals surface area contributed by atoms with Crippen molar-refractivity contribution in [3.8, 4) is 0 Å². The maximum Gasteiger partial charge on any atom is 0.409 e. The van der Waals surface area contributed by atoms with Crippen molar-refractivity contribution in [1.82, 2.24) is 10.6 Å². The summed E-state index contributed by atoms with van der Waals surface area (Å²) >= 11 is 0. The van der Waals surface area contributed by atoms with Gasteiger partial charge in [0.05, 0.1) is 0 Å². The predicted molar refractivity (Wildman–Crippen MR) is 73.1 cm³/mol. The molecule has 0 aromatic carbocycles. The van der Waals surface area contributed by atoms with Crippen LogP contribution in [0.5, 0.6) is 0 Å². The lowest BCUT2D eigenvalue weighted by atomic mass is 10.2. The van der Waals surface area contributed by atoms with Crippen LogP contribution in [0, 0.1) is 0 Å². The summed E-state index contributed by atoms with van der Waals surface area (Å²) in [5, 5.41) is 4.83. The number of nitrogens with one attached hydrogen (secondary N) is 2. The van der Waals surface area contributed by atoms with E-state index in [1.807, 2.05) is 0 Å². The third-order valence-corrected chi connectivity index (χ3v) is 2.03. The van der Waals surface area contributed by atoms with Crippen LogP contribution in [0.4, 0.5) is 9.59 Å². The molecule has 0 radical (unpaired) electrons. The van der Waals surface area contributed by atoms with Crippen molar-refractivity contribution in [2.24, 2.45) is 0 Å². The average Bonchev–Trinajstić information content (AvgIpc) is 2.40. The molecule has 0 aliphatic heterocycles. The van der Waals surface area contributed by atoms with Crippen molar-refractivity contribution in [3.05, 3.63) is 25.3 Å². The van der Waals surface area contributed by atoms with Crippen LogP contribution in [0.2, 0.25) is 0 Å².